The van der Waals surface area contributed by atoms with Crippen LogP contribution in [0.4, 0.5) is 5.82 Å². The van der Waals surface area contributed by atoms with Gasteiger partial charge in [0, 0.05) is 19.1 Å². The first-order valence-corrected chi connectivity index (χ1v) is 6.38. The standard InChI is InChI=1S/C12H20N6O/c1-17(2)9-5-7-18(8-6-9)12(19)10-3-4-11(14-13)16-15-10/h3-4,9H,5-8,13H2,1-2H3,(H,14,16). The lowest BCUT2D eigenvalue weighted by Gasteiger charge is -2.34. The van der Waals surface area contributed by atoms with Gasteiger partial charge >= 0.3 is 0 Å². The number of carbonyl (C=O) groups is 1. The third kappa shape index (κ3) is 3.18. The normalized spacial score (nSPS) is 16.7. The van der Waals surface area contributed by atoms with E-state index in [0.717, 1.165) is 25.9 Å². The molecule has 1 aliphatic rings. The van der Waals surface area contributed by atoms with E-state index in [4.69, 9.17) is 5.84 Å². The van der Waals surface area contributed by atoms with E-state index in [1.807, 2.05) is 4.90 Å². The number of amides is 1. The van der Waals surface area contributed by atoms with Gasteiger partial charge in [-0.3, -0.25) is 4.79 Å². The number of anilines is 1. The summed E-state index contributed by atoms with van der Waals surface area (Å²) in [4.78, 5) is 16.3. The summed E-state index contributed by atoms with van der Waals surface area (Å²) in [5.41, 5.74) is 2.75. The van der Waals surface area contributed by atoms with Crippen LogP contribution in [0.3, 0.4) is 0 Å². The molecule has 1 saturated heterocycles. The van der Waals surface area contributed by atoms with E-state index in [2.05, 4.69) is 34.6 Å². The number of aromatic nitrogens is 2. The minimum Gasteiger partial charge on any atom is -0.337 e. The fourth-order valence-electron chi connectivity index (χ4n) is 2.27. The van der Waals surface area contributed by atoms with Crippen LogP contribution >= 0.6 is 0 Å². The van der Waals surface area contributed by atoms with Crippen molar-refractivity contribution in [1.82, 2.24) is 20.0 Å². The zero-order chi connectivity index (χ0) is 13.8. The number of piperidine rings is 1. The average Bonchev–Trinajstić information content (AvgIpc) is 2.46. The quantitative estimate of drug-likeness (QED) is 0.587. The number of nitrogens with one attached hydrogen (secondary N) is 1. The molecule has 0 aliphatic carbocycles. The Labute approximate surface area is 112 Å². The van der Waals surface area contributed by atoms with Crippen LogP contribution in [-0.4, -0.2) is 59.1 Å². The smallest absolute Gasteiger partial charge is 0.274 e. The third-order valence-electron chi connectivity index (χ3n) is 3.51. The van der Waals surface area contributed by atoms with Gasteiger partial charge in [-0.25, -0.2) is 5.84 Å². The van der Waals surface area contributed by atoms with E-state index in [0.29, 0.717) is 17.6 Å². The highest BCUT2D eigenvalue weighted by Crippen LogP contribution is 2.16. The molecular weight excluding hydrogens is 244 g/mol. The Morgan fingerprint density at radius 1 is 1.37 bits per heavy atom. The van der Waals surface area contributed by atoms with Crippen LogP contribution in [-0.2, 0) is 0 Å². The molecule has 1 fully saturated rings. The van der Waals surface area contributed by atoms with Gasteiger partial charge in [-0.15, -0.1) is 10.2 Å². The lowest BCUT2D eigenvalue weighted by Crippen LogP contribution is -2.44. The molecule has 1 aromatic rings. The molecule has 19 heavy (non-hydrogen) atoms. The molecule has 7 nitrogen and oxygen atoms in total. The maximum atomic E-state index is 12.2. The Morgan fingerprint density at radius 2 is 2.05 bits per heavy atom. The molecule has 0 bridgehead atoms. The predicted molar refractivity (Wildman–Crippen MR) is 72.5 cm³/mol. The second-order valence-electron chi connectivity index (χ2n) is 4.94. The van der Waals surface area contributed by atoms with Crippen molar-refractivity contribution in [2.75, 3.05) is 32.6 Å². The molecule has 0 radical (unpaired) electrons. The van der Waals surface area contributed by atoms with Crippen molar-refractivity contribution in [3.8, 4) is 0 Å². The highest BCUT2D eigenvalue weighted by atomic mass is 16.2. The summed E-state index contributed by atoms with van der Waals surface area (Å²) in [6.07, 6.45) is 1.99. The number of likely N-dealkylation sites (tertiary alicyclic amines) is 1. The zero-order valence-corrected chi connectivity index (χ0v) is 11.3. The number of hydrazine groups is 1. The molecule has 0 spiro atoms. The van der Waals surface area contributed by atoms with Crippen LogP contribution in [0.15, 0.2) is 12.1 Å². The van der Waals surface area contributed by atoms with Crippen molar-refractivity contribution in [3.05, 3.63) is 17.8 Å². The highest BCUT2D eigenvalue weighted by Gasteiger charge is 2.25. The Bertz CT molecular complexity index is 424. The predicted octanol–water partition coefficient (Wildman–Crippen LogP) is -0.0716. The summed E-state index contributed by atoms with van der Waals surface area (Å²) < 4.78 is 0. The first-order chi connectivity index (χ1) is 9.11. The second-order valence-corrected chi connectivity index (χ2v) is 4.94. The van der Waals surface area contributed by atoms with Gasteiger partial charge in [0.05, 0.1) is 0 Å². The van der Waals surface area contributed by atoms with Crippen molar-refractivity contribution >= 4 is 11.7 Å². The molecule has 0 unspecified atom stereocenters. The summed E-state index contributed by atoms with van der Waals surface area (Å²) >= 11 is 0. The summed E-state index contributed by atoms with van der Waals surface area (Å²) in [7, 11) is 4.15. The zero-order valence-electron chi connectivity index (χ0n) is 11.3. The maximum absolute atomic E-state index is 12.2. The summed E-state index contributed by atoms with van der Waals surface area (Å²) in [6, 6.07) is 3.84. The Balaban J connectivity index is 1.97. The van der Waals surface area contributed by atoms with Gasteiger partial charge in [0.15, 0.2) is 11.5 Å². The number of nitrogens with two attached hydrogens (primary N) is 1. The highest BCUT2D eigenvalue weighted by molar-refractivity contribution is 5.92. The van der Waals surface area contributed by atoms with Gasteiger partial charge in [0.25, 0.3) is 5.91 Å². The monoisotopic (exact) mass is 264 g/mol. The second kappa shape index (κ2) is 5.94. The molecule has 104 valence electrons. The van der Waals surface area contributed by atoms with Gasteiger partial charge in [0.2, 0.25) is 0 Å². The molecule has 0 saturated carbocycles. The summed E-state index contributed by atoms with van der Waals surface area (Å²) in [5.74, 6) is 5.60. The fourth-order valence-corrected chi connectivity index (χ4v) is 2.27. The number of hydrogen-bond acceptors (Lipinski definition) is 6. The van der Waals surface area contributed by atoms with E-state index >= 15 is 0 Å². The van der Waals surface area contributed by atoms with Crippen LogP contribution in [0, 0.1) is 0 Å². The Morgan fingerprint density at radius 3 is 2.53 bits per heavy atom. The first-order valence-electron chi connectivity index (χ1n) is 6.38. The molecular formula is C12H20N6O. The van der Waals surface area contributed by atoms with Crippen molar-refractivity contribution in [3.63, 3.8) is 0 Å². The van der Waals surface area contributed by atoms with Crippen LogP contribution in [0.5, 0.6) is 0 Å². The fraction of sp³-hybridized carbons (Fsp3) is 0.583. The lowest BCUT2D eigenvalue weighted by molar-refractivity contribution is 0.0656. The lowest BCUT2D eigenvalue weighted by atomic mass is 10.0. The summed E-state index contributed by atoms with van der Waals surface area (Å²) in [5, 5.41) is 7.70. The van der Waals surface area contributed by atoms with Crippen molar-refractivity contribution in [2.45, 2.75) is 18.9 Å². The third-order valence-corrected chi connectivity index (χ3v) is 3.51. The van der Waals surface area contributed by atoms with Crippen molar-refractivity contribution < 1.29 is 4.79 Å². The molecule has 2 heterocycles. The van der Waals surface area contributed by atoms with Gasteiger partial charge in [-0.05, 0) is 39.1 Å². The number of nitrogens with zero attached hydrogens (tertiary/aromatic N) is 4. The van der Waals surface area contributed by atoms with Crippen LogP contribution in [0.1, 0.15) is 23.3 Å². The molecule has 1 aliphatic heterocycles. The molecule has 0 aromatic carbocycles. The van der Waals surface area contributed by atoms with Gasteiger partial charge < -0.3 is 15.2 Å². The van der Waals surface area contributed by atoms with E-state index in [-0.39, 0.29) is 5.91 Å². The van der Waals surface area contributed by atoms with Crippen LogP contribution in [0.2, 0.25) is 0 Å². The largest absolute Gasteiger partial charge is 0.337 e. The maximum Gasteiger partial charge on any atom is 0.274 e. The first kappa shape index (κ1) is 13.7. The Hall–Kier alpha value is -1.73. The minimum atomic E-state index is -0.0618. The van der Waals surface area contributed by atoms with E-state index in [1.165, 1.54) is 0 Å². The van der Waals surface area contributed by atoms with Gasteiger partial charge in [-0.2, -0.15) is 0 Å². The molecule has 1 aromatic heterocycles. The summed E-state index contributed by atoms with van der Waals surface area (Å²) in [6.45, 7) is 1.53. The van der Waals surface area contributed by atoms with Gasteiger partial charge in [-0.1, -0.05) is 0 Å². The Kier molecular flexibility index (Phi) is 4.28. The van der Waals surface area contributed by atoms with E-state index in [9.17, 15) is 4.79 Å². The van der Waals surface area contributed by atoms with Crippen molar-refractivity contribution in [2.24, 2.45) is 5.84 Å². The van der Waals surface area contributed by atoms with E-state index < -0.39 is 0 Å². The van der Waals surface area contributed by atoms with E-state index in [1.54, 1.807) is 12.1 Å². The molecule has 0 atom stereocenters. The molecule has 1 amide bonds. The topological polar surface area (TPSA) is 87.4 Å². The number of rotatable bonds is 3. The van der Waals surface area contributed by atoms with Crippen LogP contribution in [0.25, 0.3) is 0 Å². The molecule has 7 heteroatoms. The SMILES string of the molecule is CN(C)C1CCN(C(=O)c2ccc(NN)nn2)CC1. The molecule has 2 rings (SSSR count). The van der Waals surface area contributed by atoms with Gasteiger partial charge in [0.1, 0.15) is 0 Å². The number of hydrogen-bond donors (Lipinski definition) is 2. The molecule has 3 N–H and O–H groups in total. The number of nitrogen functional groups attached to an aromatic ring is 1. The van der Waals surface area contributed by atoms with Crippen molar-refractivity contribution in [1.29, 1.82) is 0 Å². The van der Waals surface area contributed by atoms with Crippen LogP contribution < -0.4 is 11.3 Å². The number of carbonyl (C=O) groups excluding carboxylic acids is 1. The minimum absolute atomic E-state index is 0.0618. The average molecular weight is 264 g/mol.